The van der Waals surface area contributed by atoms with Crippen LogP contribution in [0.25, 0.3) is 0 Å². The van der Waals surface area contributed by atoms with Gasteiger partial charge >= 0.3 is 0 Å². The van der Waals surface area contributed by atoms with Crippen LogP contribution >= 0.6 is 0 Å². The molecule has 2 aliphatic rings. The summed E-state index contributed by atoms with van der Waals surface area (Å²) >= 11 is 0. The molecule has 0 spiro atoms. The number of nitrogens with one attached hydrogen (secondary N) is 2. The molecule has 1 amide bonds. The molecular weight excluding hydrogens is 238 g/mol. The van der Waals surface area contributed by atoms with Crippen molar-refractivity contribution >= 4 is 5.91 Å². The van der Waals surface area contributed by atoms with E-state index in [1.807, 2.05) is 0 Å². The summed E-state index contributed by atoms with van der Waals surface area (Å²) in [5.41, 5.74) is -0.197. The van der Waals surface area contributed by atoms with Crippen LogP contribution in [0.1, 0.15) is 40.0 Å². The maximum Gasteiger partial charge on any atom is 0.227 e. The number of carbonyl (C=O) groups is 1. The summed E-state index contributed by atoms with van der Waals surface area (Å²) in [4.78, 5) is 14.9. The third kappa shape index (κ3) is 3.11. The summed E-state index contributed by atoms with van der Waals surface area (Å²) in [6.45, 7) is 9.07. The van der Waals surface area contributed by atoms with Crippen LogP contribution in [0.15, 0.2) is 0 Å². The molecule has 2 unspecified atom stereocenters. The second kappa shape index (κ2) is 5.80. The number of likely N-dealkylation sites (N-methyl/N-ethyl adjacent to an activating group) is 1. The third-order valence-electron chi connectivity index (χ3n) is 5.12. The summed E-state index contributed by atoms with van der Waals surface area (Å²) in [6.07, 6.45) is 3.59. The zero-order chi connectivity index (χ0) is 14.0. The lowest BCUT2D eigenvalue weighted by Crippen LogP contribution is -2.49. The zero-order valence-electron chi connectivity index (χ0n) is 12.8. The van der Waals surface area contributed by atoms with Gasteiger partial charge in [0.1, 0.15) is 0 Å². The second-order valence-corrected chi connectivity index (χ2v) is 6.69. The molecule has 2 fully saturated rings. The van der Waals surface area contributed by atoms with Crippen LogP contribution in [0.3, 0.4) is 0 Å². The van der Waals surface area contributed by atoms with Gasteiger partial charge in [0.15, 0.2) is 0 Å². The monoisotopic (exact) mass is 267 g/mol. The summed E-state index contributed by atoms with van der Waals surface area (Å²) in [7, 11) is 2.17. The topological polar surface area (TPSA) is 44.4 Å². The lowest BCUT2D eigenvalue weighted by atomic mass is 9.75. The lowest BCUT2D eigenvalue weighted by Gasteiger charge is -2.32. The zero-order valence-corrected chi connectivity index (χ0v) is 12.8. The standard InChI is InChI=1S/C15H29N3O/c1-11(2)15(7-8-16-10-15)14(19)17-9-12(3)18(4)13-5-6-13/h11-13,16H,5-10H2,1-4H3,(H,17,19). The average molecular weight is 267 g/mol. The van der Waals surface area contributed by atoms with Crippen molar-refractivity contribution in [1.29, 1.82) is 0 Å². The fourth-order valence-corrected chi connectivity index (χ4v) is 3.06. The number of rotatable bonds is 6. The quantitative estimate of drug-likeness (QED) is 0.760. The summed E-state index contributed by atoms with van der Waals surface area (Å²) in [6, 6.07) is 1.18. The van der Waals surface area contributed by atoms with Crippen molar-refractivity contribution < 1.29 is 4.79 Å². The molecule has 19 heavy (non-hydrogen) atoms. The largest absolute Gasteiger partial charge is 0.354 e. The normalized spacial score (nSPS) is 28.9. The average Bonchev–Trinajstić information content (AvgIpc) is 3.10. The Balaban J connectivity index is 1.85. The predicted molar refractivity (Wildman–Crippen MR) is 78.0 cm³/mol. The van der Waals surface area contributed by atoms with E-state index < -0.39 is 0 Å². The molecule has 2 atom stereocenters. The first-order valence-electron chi connectivity index (χ1n) is 7.68. The van der Waals surface area contributed by atoms with Crippen molar-refractivity contribution in [3.05, 3.63) is 0 Å². The molecule has 1 aliphatic heterocycles. The fraction of sp³-hybridized carbons (Fsp3) is 0.933. The molecule has 1 saturated heterocycles. The van der Waals surface area contributed by atoms with Crippen LogP contribution in [0, 0.1) is 11.3 Å². The molecule has 4 heteroatoms. The molecule has 0 aromatic heterocycles. The maximum absolute atomic E-state index is 12.6. The smallest absolute Gasteiger partial charge is 0.227 e. The van der Waals surface area contributed by atoms with E-state index in [0.29, 0.717) is 12.0 Å². The third-order valence-corrected chi connectivity index (χ3v) is 5.12. The first-order chi connectivity index (χ1) is 8.97. The highest BCUT2D eigenvalue weighted by molar-refractivity contribution is 5.83. The molecule has 0 aromatic carbocycles. The van der Waals surface area contributed by atoms with Crippen LogP contribution in [0.2, 0.25) is 0 Å². The van der Waals surface area contributed by atoms with E-state index in [2.05, 4.69) is 43.4 Å². The first-order valence-corrected chi connectivity index (χ1v) is 7.68. The van der Waals surface area contributed by atoms with Crippen LogP contribution in [-0.4, -0.2) is 49.6 Å². The Morgan fingerprint density at radius 1 is 1.42 bits per heavy atom. The van der Waals surface area contributed by atoms with Crippen molar-refractivity contribution in [3.8, 4) is 0 Å². The Morgan fingerprint density at radius 3 is 2.58 bits per heavy atom. The van der Waals surface area contributed by atoms with E-state index in [1.165, 1.54) is 12.8 Å². The van der Waals surface area contributed by atoms with Crippen molar-refractivity contribution in [2.24, 2.45) is 11.3 Å². The molecule has 0 aromatic rings. The van der Waals surface area contributed by atoms with Crippen molar-refractivity contribution in [2.45, 2.75) is 52.1 Å². The van der Waals surface area contributed by atoms with Gasteiger partial charge in [-0.25, -0.2) is 0 Å². The highest BCUT2D eigenvalue weighted by Gasteiger charge is 2.43. The van der Waals surface area contributed by atoms with Gasteiger partial charge in [0.25, 0.3) is 0 Å². The summed E-state index contributed by atoms with van der Waals surface area (Å²) in [5.74, 6) is 0.627. The van der Waals surface area contributed by atoms with E-state index in [-0.39, 0.29) is 11.3 Å². The number of carbonyl (C=O) groups excluding carboxylic acids is 1. The van der Waals surface area contributed by atoms with Gasteiger partial charge in [-0.05, 0) is 45.7 Å². The van der Waals surface area contributed by atoms with E-state index in [4.69, 9.17) is 0 Å². The van der Waals surface area contributed by atoms with Crippen molar-refractivity contribution in [3.63, 3.8) is 0 Å². The SMILES string of the molecule is CC(CNC(=O)C1(C(C)C)CCNC1)N(C)C1CC1. The number of nitrogens with zero attached hydrogens (tertiary/aromatic N) is 1. The van der Waals surface area contributed by atoms with E-state index in [0.717, 1.165) is 32.1 Å². The Bertz CT molecular complexity index is 319. The highest BCUT2D eigenvalue weighted by atomic mass is 16.2. The van der Waals surface area contributed by atoms with Gasteiger partial charge < -0.3 is 10.6 Å². The molecule has 1 heterocycles. The number of hydrogen-bond donors (Lipinski definition) is 2. The van der Waals surface area contributed by atoms with Crippen LogP contribution in [0.5, 0.6) is 0 Å². The van der Waals surface area contributed by atoms with Crippen molar-refractivity contribution in [2.75, 3.05) is 26.7 Å². The molecular formula is C15H29N3O. The van der Waals surface area contributed by atoms with Gasteiger partial charge in [0, 0.05) is 25.2 Å². The van der Waals surface area contributed by atoms with Crippen LogP contribution < -0.4 is 10.6 Å². The van der Waals surface area contributed by atoms with Gasteiger partial charge in [-0.15, -0.1) is 0 Å². The van der Waals surface area contributed by atoms with Crippen LogP contribution in [-0.2, 0) is 4.79 Å². The minimum atomic E-state index is -0.197. The minimum absolute atomic E-state index is 0.197. The first kappa shape index (κ1) is 14.8. The Kier molecular flexibility index (Phi) is 4.51. The van der Waals surface area contributed by atoms with Gasteiger partial charge in [-0.3, -0.25) is 9.69 Å². The highest BCUT2D eigenvalue weighted by Crippen LogP contribution is 2.34. The Labute approximate surface area is 117 Å². The molecule has 0 bridgehead atoms. The number of amides is 1. The second-order valence-electron chi connectivity index (χ2n) is 6.69. The molecule has 0 radical (unpaired) electrons. The van der Waals surface area contributed by atoms with Crippen molar-refractivity contribution in [1.82, 2.24) is 15.5 Å². The van der Waals surface area contributed by atoms with Gasteiger partial charge in [-0.1, -0.05) is 13.8 Å². The van der Waals surface area contributed by atoms with Gasteiger partial charge in [-0.2, -0.15) is 0 Å². The maximum atomic E-state index is 12.6. The van der Waals surface area contributed by atoms with Gasteiger partial charge in [0.05, 0.1) is 5.41 Å². The molecule has 2 N–H and O–H groups in total. The lowest BCUT2D eigenvalue weighted by molar-refractivity contribution is -0.132. The molecule has 110 valence electrons. The molecule has 1 aliphatic carbocycles. The van der Waals surface area contributed by atoms with E-state index in [1.54, 1.807) is 0 Å². The Hall–Kier alpha value is -0.610. The molecule has 1 saturated carbocycles. The number of hydrogen-bond acceptors (Lipinski definition) is 3. The van der Waals surface area contributed by atoms with Gasteiger partial charge in [0.2, 0.25) is 5.91 Å². The summed E-state index contributed by atoms with van der Waals surface area (Å²) in [5, 5.41) is 6.53. The van der Waals surface area contributed by atoms with Crippen LogP contribution in [0.4, 0.5) is 0 Å². The van der Waals surface area contributed by atoms with E-state index >= 15 is 0 Å². The summed E-state index contributed by atoms with van der Waals surface area (Å²) < 4.78 is 0. The Morgan fingerprint density at radius 2 is 2.11 bits per heavy atom. The molecule has 2 rings (SSSR count). The fourth-order valence-electron chi connectivity index (χ4n) is 3.06. The predicted octanol–water partition coefficient (Wildman–Crippen LogP) is 1.22. The van der Waals surface area contributed by atoms with E-state index in [9.17, 15) is 4.79 Å². The minimum Gasteiger partial charge on any atom is -0.354 e. The molecule has 4 nitrogen and oxygen atoms in total.